The van der Waals surface area contributed by atoms with Crippen molar-refractivity contribution in [2.24, 2.45) is 5.73 Å². The average Bonchev–Trinajstić information content (AvgIpc) is 2.16. The minimum atomic E-state index is -0.364. The summed E-state index contributed by atoms with van der Waals surface area (Å²) in [6, 6.07) is 5.63. The van der Waals surface area contributed by atoms with Crippen LogP contribution in [0.25, 0.3) is 0 Å². The van der Waals surface area contributed by atoms with Crippen molar-refractivity contribution >= 4 is 17.5 Å². The normalized spacial score (nSPS) is 14.3. The predicted octanol–water partition coefficient (Wildman–Crippen LogP) is 0.599. The van der Waals surface area contributed by atoms with Crippen LogP contribution in [0.2, 0.25) is 0 Å². The molecule has 4 nitrogen and oxygen atoms in total. The van der Waals surface area contributed by atoms with Gasteiger partial charge in [-0.15, -0.1) is 0 Å². The van der Waals surface area contributed by atoms with Crippen LogP contribution >= 0.6 is 0 Å². The number of hydrogen-bond donors (Lipinski definition) is 2. The molecule has 0 radical (unpaired) electrons. The summed E-state index contributed by atoms with van der Waals surface area (Å²) < 4.78 is 0. The van der Waals surface area contributed by atoms with Gasteiger partial charge in [0.2, 0.25) is 11.8 Å². The van der Waals surface area contributed by atoms with Crippen LogP contribution in [0.4, 0.5) is 5.69 Å². The first kappa shape index (κ1) is 9.71. The van der Waals surface area contributed by atoms with Crippen molar-refractivity contribution in [1.29, 1.82) is 0 Å². The molecule has 0 spiro atoms. The van der Waals surface area contributed by atoms with Gasteiger partial charge in [-0.2, -0.15) is 0 Å². The molecule has 78 valence electrons. The molecule has 1 aromatic rings. The van der Waals surface area contributed by atoms with E-state index >= 15 is 0 Å². The number of rotatable bonds is 2. The maximum atomic E-state index is 11.2. The number of amides is 2. The Morgan fingerprint density at radius 2 is 2.20 bits per heavy atom. The second-order valence-corrected chi connectivity index (χ2v) is 3.68. The van der Waals surface area contributed by atoms with Crippen LogP contribution < -0.4 is 11.1 Å². The van der Waals surface area contributed by atoms with E-state index in [0.717, 1.165) is 23.2 Å². The number of primary amides is 1. The first-order chi connectivity index (χ1) is 7.15. The summed E-state index contributed by atoms with van der Waals surface area (Å²) in [7, 11) is 0. The van der Waals surface area contributed by atoms with E-state index in [2.05, 4.69) is 5.32 Å². The second kappa shape index (κ2) is 3.73. The number of carbonyl (C=O) groups is 2. The summed E-state index contributed by atoms with van der Waals surface area (Å²) >= 11 is 0. The van der Waals surface area contributed by atoms with Crippen LogP contribution in [-0.2, 0) is 22.4 Å². The molecule has 0 aliphatic carbocycles. The van der Waals surface area contributed by atoms with Crippen LogP contribution in [0, 0.1) is 0 Å². The zero-order valence-electron chi connectivity index (χ0n) is 8.25. The molecule has 1 aliphatic rings. The highest BCUT2D eigenvalue weighted by molar-refractivity contribution is 5.94. The molecule has 1 aromatic carbocycles. The van der Waals surface area contributed by atoms with Gasteiger partial charge in [0, 0.05) is 12.1 Å². The molecule has 3 N–H and O–H groups in total. The van der Waals surface area contributed by atoms with Crippen LogP contribution in [0.1, 0.15) is 17.5 Å². The van der Waals surface area contributed by atoms with Gasteiger partial charge in [-0.05, 0) is 23.6 Å². The average molecular weight is 204 g/mol. The summed E-state index contributed by atoms with van der Waals surface area (Å²) in [5.74, 6) is -0.337. The summed E-state index contributed by atoms with van der Waals surface area (Å²) in [6.07, 6.45) is 1.50. The molecule has 0 saturated carbocycles. The summed E-state index contributed by atoms with van der Waals surface area (Å²) in [6.45, 7) is 0. The Balaban J connectivity index is 2.28. The lowest BCUT2D eigenvalue weighted by Crippen LogP contribution is -2.19. The third kappa shape index (κ3) is 2.15. The molecule has 1 heterocycles. The van der Waals surface area contributed by atoms with Gasteiger partial charge in [0.15, 0.2) is 0 Å². The Hall–Kier alpha value is -1.84. The standard InChI is InChI=1S/C11H12N2O2/c12-10(14)6-7-1-2-8-3-4-11(15)13-9(8)5-7/h1-2,5H,3-4,6H2,(H2,12,14)(H,13,15). The molecule has 2 rings (SSSR count). The van der Waals surface area contributed by atoms with Crippen molar-refractivity contribution in [3.8, 4) is 0 Å². The van der Waals surface area contributed by atoms with Crippen molar-refractivity contribution < 1.29 is 9.59 Å². The van der Waals surface area contributed by atoms with E-state index in [-0.39, 0.29) is 18.2 Å². The zero-order valence-corrected chi connectivity index (χ0v) is 8.25. The maximum Gasteiger partial charge on any atom is 0.224 e. The number of anilines is 1. The lowest BCUT2D eigenvalue weighted by molar-refractivity contribution is -0.117. The first-order valence-corrected chi connectivity index (χ1v) is 4.85. The molecule has 0 aromatic heterocycles. The smallest absolute Gasteiger partial charge is 0.224 e. The highest BCUT2D eigenvalue weighted by Crippen LogP contribution is 2.23. The Labute approximate surface area is 87.5 Å². The highest BCUT2D eigenvalue weighted by atomic mass is 16.2. The molecular formula is C11H12N2O2. The number of nitrogens with two attached hydrogens (primary N) is 1. The van der Waals surface area contributed by atoms with Crippen LogP contribution in [0.3, 0.4) is 0 Å². The largest absolute Gasteiger partial charge is 0.369 e. The van der Waals surface area contributed by atoms with Crippen molar-refractivity contribution in [2.45, 2.75) is 19.3 Å². The quantitative estimate of drug-likeness (QED) is 0.740. The molecule has 0 atom stereocenters. The minimum Gasteiger partial charge on any atom is -0.369 e. The van der Waals surface area contributed by atoms with Crippen LogP contribution in [0.15, 0.2) is 18.2 Å². The third-order valence-electron chi connectivity index (χ3n) is 2.45. The Kier molecular flexibility index (Phi) is 2.41. The molecule has 0 bridgehead atoms. The summed E-state index contributed by atoms with van der Waals surface area (Å²) in [5, 5.41) is 2.78. The van der Waals surface area contributed by atoms with Gasteiger partial charge in [-0.25, -0.2) is 0 Å². The van der Waals surface area contributed by atoms with Gasteiger partial charge >= 0.3 is 0 Å². The fourth-order valence-corrected chi connectivity index (χ4v) is 1.73. The lowest BCUT2D eigenvalue weighted by atomic mass is 10.00. The Morgan fingerprint density at radius 1 is 1.40 bits per heavy atom. The SMILES string of the molecule is NC(=O)Cc1ccc2c(c1)NC(=O)CC2. The fraction of sp³-hybridized carbons (Fsp3) is 0.273. The van der Waals surface area contributed by atoms with E-state index in [1.807, 2.05) is 18.2 Å². The highest BCUT2D eigenvalue weighted by Gasteiger charge is 2.14. The summed E-state index contributed by atoms with van der Waals surface area (Å²) in [5.41, 5.74) is 7.86. The third-order valence-corrected chi connectivity index (χ3v) is 2.45. The van der Waals surface area contributed by atoms with Crippen molar-refractivity contribution in [3.05, 3.63) is 29.3 Å². The summed E-state index contributed by atoms with van der Waals surface area (Å²) in [4.78, 5) is 21.9. The Bertz CT molecular complexity index is 427. The molecule has 1 aliphatic heterocycles. The van der Waals surface area contributed by atoms with E-state index < -0.39 is 0 Å². The van der Waals surface area contributed by atoms with E-state index in [9.17, 15) is 9.59 Å². The molecule has 15 heavy (non-hydrogen) atoms. The Morgan fingerprint density at radius 3 is 2.93 bits per heavy atom. The van der Waals surface area contributed by atoms with Gasteiger partial charge in [0.05, 0.1) is 6.42 Å². The lowest BCUT2D eigenvalue weighted by Gasteiger charge is -2.17. The molecule has 0 saturated heterocycles. The number of fused-ring (bicyclic) bond motifs is 1. The molecular weight excluding hydrogens is 192 g/mol. The van der Waals surface area contributed by atoms with Crippen molar-refractivity contribution in [2.75, 3.05) is 5.32 Å². The molecule has 4 heteroatoms. The van der Waals surface area contributed by atoms with Gasteiger partial charge in [-0.3, -0.25) is 9.59 Å². The van der Waals surface area contributed by atoms with Gasteiger partial charge in [0.1, 0.15) is 0 Å². The number of hydrogen-bond acceptors (Lipinski definition) is 2. The predicted molar refractivity (Wildman–Crippen MR) is 56.3 cm³/mol. The monoisotopic (exact) mass is 204 g/mol. The van der Waals surface area contributed by atoms with Gasteiger partial charge < -0.3 is 11.1 Å². The van der Waals surface area contributed by atoms with Crippen LogP contribution in [-0.4, -0.2) is 11.8 Å². The van der Waals surface area contributed by atoms with Gasteiger partial charge in [0.25, 0.3) is 0 Å². The van der Waals surface area contributed by atoms with Gasteiger partial charge in [-0.1, -0.05) is 12.1 Å². The zero-order chi connectivity index (χ0) is 10.8. The number of aryl methyl sites for hydroxylation is 1. The number of nitrogens with one attached hydrogen (secondary N) is 1. The molecule has 2 amide bonds. The van der Waals surface area contributed by atoms with E-state index in [4.69, 9.17) is 5.73 Å². The van der Waals surface area contributed by atoms with Crippen LogP contribution in [0.5, 0.6) is 0 Å². The molecule has 0 fully saturated rings. The number of benzene rings is 1. The second-order valence-electron chi connectivity index (χ2n) is 3.68. The topological polar surface area (TPSA) is 72.2 Å². The molecule has 0 unspecified atom stereocenters. The maximum absolute atomic E-state index is 11.2. The fourth-order valence-electron chi connectivity index (χ4n) is 1.73. The number of carbonyl (C=O) groups excluding carboxylic acids is 2. The van der Waals surface area contributed by atoms with Crippen molar-refractivity contribution in [3.63, 3.8) is 0 Å². The van der Waals surface area contributed by atoms with E-state index in [1.165, 1.54) is 0 Å². The van der Waals surface area contributed by atoms with Crippen molar-refractivity contribution in [1.82, 2.24) is 0 Å². The van der Waals surface area contributed by atoms with E-state index in [0.29, 0.717) is 6.42 Å². The first-order valence-electron chi connectivity index (χ1n) is 4.85. The minimum absolute atomic E-state index is 0.0266. The van der Waals surface area contributed by atoms with E-state index in [1.54, 1.807) is 0 Å².